The molecule has 1 N–H and O–H groups in total. The average Bonchev–Trinajstić information content (AvgIpc) is 2.82. The van der Waals surface area contributed by atoms with E-state index in [1.54, 1.807) is 25.1 Å². The summed E-state index contributed by atoms with van der Waals surface area (Å²) in [5, 5.41) is 6.33. The Balaban J connectivity index is 2.29. The topological polar surface area (TPSA) is 79.0 Å². The van der Waals surface area contributed by atoms with Crippen molar-refractivity contribution in [2.45, 2.75) is 18.4 Å². The molecule has 7 heteroatoms. The predicted molar refractivity (Wildman–Crippen MR) is 66.2 cm³/mol. The van der Waals surface area contributed by atoms with Crippen LogP contribution in [-0.2, 0) is 16.6 Å². The summed E-state index contributed by atoms with van der Waals surface area (Å²) >= 11 is 0. The molecule has 0 fully saturated rings. The summed E-state index contributed by atoms with van der Waals surface area (Å²) in [7, 11) is -1.98. The second-order valence-electron chi connectivity index (χ2n) is 3.96. The van der Waals surface area contributed by atoms with Crippen LogP contribution < -0.4 is 0 Å². The zero-order valence-electron chi connectivity index (χ0n) is 10.2. The van der Waals surface area contributed by atoms with E-state index in [-0.39, 0.29) is 6.54 Å². The SMILES string of the molecule is Cc1ccccc1S(=O)(=O)N(C)Cc1ncn[nH]1. The maximum Gasteiger partial charge on any atom is 0.243 e. The van der Waals surface area contributed by atoms with Crippen LogP contribution in [0.1, 0.15) is 11.4 Å². The first-order chi connectivity index (χ1) is 8.51. The summed E-state index contributed by atoms with van der Waals surface area (Å²) in [4.78, 5) is 4.23. The highest BCUT2D eigenvalue weighted by atomic mass is 32.2. The number of benzene rings is 1. The Morgan fingerprint density at radius 3 is 2.67 bits per heavy atom. The van der Waals surface area contributed by atoms with Crippen molar-refractivity contribution < 1.29 is 8.42 Å². The van der Waals surface area contributed by atoms with Gasteiger partial charge in [0, 0.05) is 7.05 Å². The highest BCUT2D eigenvalue weighted by molar-refractivity contribution is 7.89. The summed E-state index contributed by atoms with van der Waals surface area (Å²) in [6, 6.07) is 6.89. The van der Waals surface area contributed by atoms with E-state index in [1.807, 2.05) is 6.07 Å². The van der Waals surface area contributed by atoms with Gasteiger partial charge in [0.1, 0.15) is 12.2 Å². The number of aromatic amines is 1. The third-order valence-electron chi connectivity index (χ3n) is 2.62. The first-order valence-electron chi connectivity index (χ1n) is 5.38. The predicted octanol–water partition coefficient (Wildman–Crippen LogP) is 0.934. The van der Waals surface area contributed by atoms with Crippen LogP contribution in [0.25, 0.3) is 0 Å². The third-order valence-corrected chi connectivity index (χ3v) is 4.58. The zero-order valence-corrected chi connectivity index (χ0v) is 11.0. The summed E-state index contributed by atoms with van der Waals surface area (Å²) in [6.07, 6.45) is 1.35. The first-order valence-corrected chi connectivity index (χ1v) is 6.82. The molecule has 0 atom stereocenters. The van der Waals surface area contributed by atoms with Gasteiger partial charge in [-0.3, -0.25) is 5.10 Å². The smallest absolute Gasteiger partial charge is 0.243 e. The number of hydrogen-bond acceptors (Lipinski definition) is 4. The van der Waals surface area contributed by atoms with Gasteiger partial charge < -0.3 is 0 Å². The minimum absolute atomic E-state index is 0.163. The second-order valence-corrected chi connectivity index (χ2v) is 5.97. The van der Waals surface area contributed by atoms with E-state index in [1.165, 1.54) is 17.7 Å². The number of hydrogen-bond donors (Lipinski definition) is 1. The van der Waals surface area contributed by atoms with Crippen molar-refractivity contribution in [2.24, 2.45) is 0 Å². The molecule has 96 valence electrons. The molecule has 18 heavy (non-hydrogen) atoms. The van der Waals surface area contributed by atoms with Gasteiger partial charge in [-0.1, -0.05) is 18.2 Å². The lowest BCUT2D eigenvalue weighted by molar-refractivity contribution is 0.457. The number of sulfonamides is 1. The van der Waals surface area contributed by atoms with E-state index >= 15 is 0 Å². The standard InChI is InChI=1S/C11H14N4O2S/c1-9-5-3-4-6-10(9)18(16,17)15(2)7-11-12-8-13-14-11/h3-6,8H,7H2,1-2H3,(H,12,13,14). The quantitative estimate of drug-likeness (QED) is 0.893. The molecule has 0 saturated carbocycles. The molecular weight excluding hydrogens is 252 g/mol. The molecule has 0 radical (unpaired) electrons. The van der Waals surface area contributed by atoms with Gasteiger partial charge in [0.15, 0.2) is 0 Å². The molecule has 0 bridgehead atoms. The number of nitrogens with one attached hydrogen (secondary N) is 1. The molecular formula is C11H14N4O2S. The Morgan fingerprint density at radius 1 is 1.33 bits per heavy atom. The van der Waals surface area contributed by atoms with Crippen LogP contribution in [0.3, 0.4) is 0 Å². The van der Waals surface area contributed by atoms with E-state index in [9.17, 15) is 8.42 Å². The van der Waals surface area contributed by atoms with Crippen LogP contribution in [0.5, 0.6) is 0 Å². The van der Waals surface area contributed by atoms with E-state index in [0.717, 1.165) is 5.56 Å². The summed E-state index contributed by atoms with van der Waals surface area (Å²) in [5.74, 6) is 0.509. The Morgan fingerprint density at radius 2 is 2.06 bits per heavy atom. The van der Waals surface area contributed by atoms with Gasteiger partial charge in [-0.25, -0.2) is 13.4 Å². The fraction of sp³-hybridized carbons (Fsp3) is 0.273. The van der Waals surface area contributed by atoms with Gasteiger partial charge in [0.05, 0.1) is 11.4 Å². The van der Waals surface area contributed by atoms with E-state index in [0.29, 0.717) is 10.7 Å². The lowest BCUT2D eigenvalue weighted by Gasteiger charge is -2.17. The van der Waals surface area contributed by atoms with Gasteiger partial charge in [0.25, 0.3) is 0 Å². The van der Waals surface area contributed by atoms with Crippen molar-refractivity contribution >= 4 is 10.0 Å². The van der Waals surface area contributed by atoms with Gasteiger partial charge in [0.2, 0.25) is 10.0 Å². The number of H-pyrrole nitrogens is 1. The highest BCUT2D eigenvalue weighted by Gasteiger charge is 2.23. The summed E-state index contributed by atoms with van der Waals surface area (Å²) in [5.41, 5.74) is 0.724. The van der Waals surface area contributed by atoms with Crippen molar-refractivity contribution in [2.75, 3.05) is 7.05 Å². The van der Waals surface area contributed by atoms with Gasteiger partial charge >= 0.3 is 0 Å². The molecule has 0 saturated heterocycles. The van der Waals surface area contributed by atoms with E-state index in [4.69, 9.17) is 0 Å². The molecule has 0 aliphatic heterocycles. The molecule has 0 unspecified atom stereocenters. The van der Waals surface area contributed by atoms with Crippen LogP contribution in [0.4, 0.5) is 0 Å². The lowest BCUT2D eigenvalue weighted by Crippen LogP contribution is -2.27. The second kappa shape index (κ2) is 4.87. The zero-order chi connectivity index (χ0) is 13.2. The Kier molecular flexibility index (Phi) is 3.44. The fourth-order valence-corrected chi connectivity index (χ4v) is 2.97. The number of rotatable bonds is 4. The molecule has 2 aromatic rings. The van der Waals surface area contributed by atoms with Crippen molar-refractivity contribution in [3.63, 3.8) is 0 Å². The van der Waals surface area contributed by atoms with Crippen molar-refractivity contribution in [1.82, 2.24) is 19.5 Å². The molecule has 6 nitrogen and oxygen atoms in total. The third kappa shape index (κ3) is 2.41. The molecule has 0 aliphatic carbocycles. The molecule has 1 heterocycles. The van der Waals surface area contributed by atoms with Crippen LogP contribution in [0.15, 0.2) is 35.5 Å². The summed E-state index contributed by atoms with van der Waals surface area (Å²) in [6.45, 7) is 1.94. The highest BCUT2D eigenvalue weighted by Crippen LogP contribution is 2.19. The number of nitrogens with zero attached hydrogens (tertiary/aromatic N) is 3. The van der Waals surface area contributed by atoms with Gasteiger partial charge in [-0.2, -0.15) is 9.40 Å². The fourth-order valence-electron chi connectivity index (χ4n) is 1.62. The van der Waals surface area contributed by atoms with Crippen LogP contribution >= 0.6 is 0 Å². The largest absolute Gasteiger partial charge is 0.262 e. The van der Waals surface area contributed by atoms with Crippen molar-refractivity contribution in [3.05, 3.63) is 42.0 Å². The molecule has 0 amide bonds. The average molecular weight is 266 g/mol. The minimum atomic E-state index is -3.50. The molecule has 0 spiro atoms. The monoisotopic (exact) mass is 266 g/mol. The summed E-state index contributed by atoms with van der Waals surface area (Å²) < 4.78 is 25.9. The maximum atomic E-state index is 12.3. The van der Waals surface area contributed by atoms with Crippen LogP contribution in [0, 0.1) is 6.92 Å². The van der Waals surface area contributed by atoms with E-state index < -0.39 is 10.0 Å². The number of aryl methyl sites for hydroxylation is 1. The molecule has 1 aromatic carbocycles. The minimum Gasteiger partial charge on any atom is -0.262 e. The van der Waals surface area contributed by atoms with Gasteiger partial charge in [-0.05, 0) is 18.6 Å². The Labute approximate surface area is 106 Å². The molecule has 1 aromatic heterocycles. The Hall–Kier alpha value is -1.73. The van der Waals surface area contributed by atoms with Gasteiger partial charge in [-0.15, -0.1) is 0 Å². The first kappa shape index (κ1) is 12.7. The van der Waals surface area contributed by atoms with Crippen molar-refractivity contribution in [1.29, 1.82) is 0 Å². The van der Waals surface area contributed by atoms with E-state index in [2.05, 4.69) is 15.2 Å². The molecule has 2 rings (SSSR count). The Bertz CT molecular complexity index is 622. The van der Waals surface area contributed by atoms with Crippen molar-refractivity contribution in [3.8, 4) is 0 Å². The molecule has 0 aliphatic rings. The van der Waals surface area contributed by atoms with Crippen LogP contribution in [-0.4, -0.2) is 35.0 Å². The maximum absolute atomic E-state index is 12.3. The van der Waals surface area contributed by atoms with Crippen LogP contribution in [0.2, 0.25) is 0 Å². The normalized spacial score (nSPS) is 11.9. The number of aromatic nitrogens is 3. The lowest BCUT2D eigenvalue weighted by atomic mass is 10.2.